The molecule has 114 valence electrons. The summed E-state index contributed by atoms with van der Waals surface area (Å²) in [6.07, 6.45) is 1.97. The van der Waals surface area contributed by atoms with Gasteiger partial charge in [0.25, 0.3) is 5.91 Å². The molecule has 22 heavy (non-hydrogen) atoms. The van der Waals surface area contributed by atoms with Crippen molar-refractivity contribution in [1.29, 1.82) is 0 Å². The highest BCUT2D eigenvalue weighted by Gasteiger charge is 2.28. The number of rotatable bonds is 2. The lowest BCUT2D eigenvalue weighted by molar-refractivity contribution is 0.0975. The van der Waals surface area contributed by atoms with E-state index in [-0.39, 0.29) is 11.9 Å². The van der Waals surface area contributed by atoms with Gasteiger partial charge in [-0.15, -0.1) is 0 Å². The van der Waals surface area contributed by atoms with Crippen molar-refractivity contribution in [3.05, 3.63) is 53.6 Å². The molecule has 2 N–H and O–H groups in total. The molecular weight excluding hydrogens is 276 g/mol. The van der Waals surface area contributed by atoms with Crippen LogP contribution in [-0.2, 0) is 6.42 Å². The van der Waals surface area contributed by atoms with Crippen molar-refractivity contribution < 1.29 is 9.53 Å². The van der Waals surface area contributed by atoms with E-state index in [2.05, 4.69) is 13.0 Å². The molecule has 4 heteroatoms. The first-order valence-corrected chi connectivity index (χ1v) is 7.47. The average Bonchev–Trinajstić information content (AvgIpc) is 2.54. The van der Waals surface area contributed by atoms with Crippen LogP contribution in [0.15, 0.2) is 42.5 Å². The number of hydrogen-bond donors (Lipinski definition) is 1. The van der Waals surface area contributed by atoms with Crippen LogP contribution in [0.2, 0.25) is 0 Å². The van der Waals surface area contributed by atoms with Gasteiger partial charge in [0.1, 0.15) is 5.75 Å². The largest absolute Gasteiger partial charge is 0.495 e. The van der Waals surface area contributed by atoms with Crippen molar-refractivity contribution in [2.45, 2.75) is 25.8 Å². The molecule has 2 aromatic carbocycles. The molecule has 4 nitrogen and oxygen atoms in total. The first-order chi connectivity index (χ1) is 10.6. The molecule has 1 heterocycles. The van der Waals surface area contributed by atoms with Gasteiger partial charge in [-0.1, -0.05) is 18.2 Å². The first-order valence-electron chi connectivity index (χ1n) is 7.47. The summed E-state index contributed by atoms with van der Waals surface area (Å²) in [5.41, 5.74) is 9.21. The number of anilines is 2. The number of methoxy groups -OCH3 is 1. The number of benzene rings is 2. The molecule has 0 saturated heterocycles. The smallest absolute Gasteiger partial charge is 0.258 e. The molecule has 0 aromatic heterocycles. The van der Waals surface area contributed by atoms with Crippen LogP contribution in [0.1, 0.15) is 29.3 Å². The van der Waals surface area contributed by atoms with Gasteiger partial charge < -0.3 is 15.4 Å². The van der Waals surface area contributed by atoms with E-state index in [1.165, 1.54) is 5.56 Å². The lowest BCUT2D eigenvalue weighted by atomic mass is 9.95. The molecule has 1 aliphatic heterocycles. The van der Waals surface area contributed by atoms with Crippen molar-refractivity contribution in [3.8, 4) is 5.75 Å². The summed E-state index contributed by atoms with van der Waals surface area (Å²) in [5.74, 6) is 0.567. The Balaban J connectivity index is 1.99. The summed E-state index contributed by atoms with van der Waals surface area (Å²) < 4.78 is 5.15. The molecular formula is C18H20N2O2. The Morgan fingerprint density at radius 1 is 1.27 bits per heavy atom. The van der Waals surface area contributed by atoms with Crippen molar-refractivity contribution in [2.24, 2.45) is 0 Å². The molecule has 3 rings (SSSR count). The van der Waals surface area contributed by atoms with E-state index in [1.54, 1.807) is 25.3 Å². The molecule has 0 radical (unpaired) electrons. The normalized spacial score (nSPS) is 17.0. The predicted octanol–water partition coefficient (Wildman–Crippen LogP) is 3.26. The zero-order valence-corrected chi connectivity index (χ0v) is 12.9. The summed E-state index contributed by atoms with van der Waals surface area (Å²) in [7, 11) is 1.57. The van der Waals surface area contributed by atoms with E-state index in [9.17, 15) is 4.79 Å². The lowest BCUT2D eigenvalue weighted by Crippen LogP contribution is -2.42. The van der Waals surface area contributed by atoms with E-state index >= 15 is 0 Å². The number of ether oxygens (including phenoxy) is 1. The van der Waals surface area contributed by atoms with Gasteiger partial charge in [-0.2, -0.15) is 0 Å². The van der Waals surface area contributed by atoms with Crippen LogP contribution in [0, 0.1) is 0 Å². The second-order valence-electron chi connectivity index (χ2n) is 5.65. The fourth-order valence-corrected chi connectivity index (χ4v) is 3.00. The van der Waals surface area contributed by atoms with Gasteiger partial charge >= 0.3 is 0 Å². The molecule has 1 amide bonds. The maximum atomic E-state index is 13.0. The number of nitrogen functional groups attached to an aromatic ring is 1. The zero-order valence-electron chi connectivity index (χ0n) is 12.9. The van der Waals surface area contributed by atoms with Crippen LogP contribution >= 0.6 is 0 Å². The third kappa shape index (κ3) is 2.41. The fourth-order valence-electron chi connectivity index (χ4n) is 3.00. The lowest BCUT2D eigenvalue weighted by Gasteiger charge is -2.35. The quantitative estimate of drug-likeness (QED) is 0.865. The molecule has 1 aliphatic rings. The topological polar surface area (TPSA) is 55.6 Å². The summed E-state index contributed by atoms with van der Waals surface area (Å²) in [6.45, 7) is 2.08. The summed E-state index contributed by atoms with van der Waals surface area (Å²) in [4.78, 5) is 14.8. The highest BCUT2D eigenvalue weighted by atomic mass is 16.5. The van der Waals surface area contributed by atoms with Crippen molar-refractivity contribution in [1.82, 2.24) is 0 Å². The van der Waals surface area contributed by atoms with E-state index in [0.29, 0.717) is 17.0 Å². The SMILES string of the molecule is COc1ccc(C(=O)N2c3ccccc3CCC2C)cc1N. The highest BCUT2D eigenvalue weighted by molar-refractivity contribution is 6.07. The van der Waals surface area contributed by atoms with Gasteiger partial charge in [0.05, 0.1) is 12.8 Å². The molecule has 1 atom stereocenters. The van der Waals surface area contributed by atoms with Crippen LogP contribution in [0.25, 0.3) is 0 Å². The number of amides is 1. The van der Waals surface area contributed by atoms with E-state index in [0.717, 1.165) is 18.5 Å². The minimum Gasteiger partial charge on any atom is -0.495 e. The first kappa shape index (κ1) is 14.4. The van der Waals surface area contributed by atoms with Gasteiger partial charge in [0.2, 0.25) is 0 Å². The number of nitrogens with zero attached hydrogens (tertiary/aromatic N) is 1. The minimum atomic E-state index is -0.0194. The average molecular weight is 296 g/mol. The summed E-state index contributed by atoms with van der Waals surface area (Å²) >= 11 is 0. The number of hydrogen-bond acceptors (Lipinski definition) is 3. The second kappa shape index (κ2) is 5.72. The van der Waals surface area contributed by atoms with Gasteiger partial charge in [-0.05, 0) is 49.6 Å². The number of fused-ring (bicyclic) bond motifs is 1. The maximum Gasteiger partial charge on any atom is 0.258 e. The van der Waals surface area contributed by atoms with Gasteiger partial charge in [0.15, 0.2) is 0 Å². The van der Waals surface area contributed by atoms with Crippen molar-refractivity contribution in [2.75, 3.05) is 17.7 Å². The Morgan fingerprint density at radius 2 is 2.05 bits per heavy atom. The molecule has 0 bridgehead atoms. The van der Waals surface area contributed by atoms with Crippen LogP contribution in [0.4, 0.5) is 11.4 Å². The monoisotopic (exact) mass is 296 g/mol. The van der Waals surface area contributed by atoms with Gasteiger partial charge in [-0.3, -0.25) is 4.79 Å². The fraction of sp³-hybridized carbons (Fsp3) is 0.278. The Morgan fingerprint density at radius 3 is 2.77 bits per heavy atom. The molecule has 0 saturated carbocycles. The minimum absolute atomic E-state index is 0.0194. The highest BCUT2D eigenvalue weighted by Crippen LogP contribution is 2.32. The Hall–Kier alpha value is -2.49. The third-order valence-electron chi connectivity index (χ3n) is 4.22. The second-order valence-corrected chi connectivity index (χ2v) is 5.65. The maximum absolute atomic E-state index is 13.0. The van der Waals surface area contributed by atoms with Crippen LogP contribution in [-0.4, -0.2) is 19.1 Å². The molecule has 1 unspecified atom stereocenters. The Labute approximate surface area is 130 Å². The van der Waals surface area contributed by atoms with E-state index in [4.69, 9.17) is 10.5 Å². The number of para-hydroxylation sites is 1. The predicted molar refractivity (Wildman–Crippen MR) is 88.4 cm³/mol. The Bertz CT molecular complexity index is 712. The molecule has 0 spiro atoms. The van der Waals surface area contributed by atoms with Crippen LogP contribution in [0.5, 0.6) is 5.75 Å². The summed E-state index contributed by atoms with van der Waals surface area (Å²) in [5, 5.41) is 0. The standard InChI is InChI=1S/C18H20N2O2/c1-12-7-8-13-5-3-4-6-16(13)20(12)18(21)14-9-10-17(22-2)15(19)11-14/h3-6,9-12H,7-8,19H2,1-2H3. The number of carbonyl (C=O) groups is 1. The van der Waals surface area contributed by atoms with E-state index < -0.39 is 0 Å². The molecule has 2 aromatic rings. The van der Waals surface area contributed by atoms with Gasteiger partial charge in [-0.25, -0.2) is 0 Å². The van der Waals surface area contributed by atoms with Gasteiger partial charge in [0, 0.05) is 17.3 Å². The number of carbonyl (C=O) groups excluding carboxylic acids is 1. The third-order valence-corrected chi connectivity index (χ3v) is 4.22. The van der Waals surface area contributed by atoms with Crippen LogP contribution in [0.3, 0.4) is 0 Å². The van der Waals surface area contributed by atoms with Crippen molar-refractivity contribution >= 4 is 17.3 Å². The molecule has 0 aliphatic carbocycles. The summed E-state index contributed by atoms with van der Waals surface area (Å²) in [6, 6.07) is 13.4. The van der Waals surface area contributed by atoms with E-state index in [1.807, 2.05) is 23.1 Å². The zero-order chi connectivity index (χ0) is 15.7. The number of nitrogens with two attached hydrogens (primary N) is 1. The Kier molecular flexibility index (Phi) is 3.75. The van der Waals surface area contributed by atoms with Crippen molar-refractivity contribution in [3.63, 3.8) is 0 Å². The number of aryl methyl sites for hydroxylation is 1. The molecule has 0 fully saturated rings. The van der Waals surface area contributed by atoms with Crippen LogP contribution < -0.4 is 15.4 Å².